The Labute approximate surface area is 107 Å². The van der Waals surface area contributed by atoms with Gasteiger partial charge in [0, 0.05) is 11.6 Å². The fourth-order valence-electron chi connectivity index (χ4n) is 1.90. The lowest BCUT2D eigenvalue weighted by molar-refractivity contribution is -0.137. The number of aromatic nitrogens is 2. The van der Waals surface area contributed by atoms with Crippen molar-refractivity contribution in [2.24, 2.45) is 0 Å². The van der Waals surface area contributed by atoms with Gasteiger partial charge in [-0.05, 0) is 30.3 Å². The van der Waals surface area contributed by atoms with Crippen molar-refractivity contribution in [1.82, 2.24) is 9.78 Å². The molecule has 19 heavy (non-hydrogen) atoms. The van der Waals surface area contributed by atoms with E-state index >= 15 is 0 Å². The maximum atomic E-state index is 12.5. The second-order valence-corrected chi connectivity index (χ2v) is 4.18. The van der Waals surface area contributed by atoms with Gasteiger partial charge in [-0.3, -0.25) is 0 Å². The Hall–Kier alpha value is -2.30. The topological polar surface area (TPSA) is 17.8 Å². The Bertz CT molecular complexity index is 678. The number of hydrogen-bond donors (Lipinski definition) is 0. The predicted molar refractivity (Wildman–Crippen MR) is 66.1 cm³/mol. The van der Waals surface area contributed by atoms with Crippen molar-refractivity contribution in [2.45, 2.75) is 6.18 Å². The SMILES string of the molecule is FC(F)(F)c1ccc(-n2cc3ccccc3n2)cc1. The molecule has 0 spiro atoms. The van der Waals surface area contributed by atoms with E-state index < -0.39 is 11.7 Å². The standard InChI is InChI=1S/C14H9F3N2/c15-14(16,17)11-5-7-12(8-6-11)19-9-10-3-1-2-4-13(10)18-19/h1-9H. The second-order valence-electron chi connectivity index (χ2n) is 4.18. The van der Waals surface area contributed by atoms with Gasteiger partial charge in [0.2, 0.25) is 0 Å². The maximum Gasteiger partial charge on any atom is 0.416 e. The molecule has 1 heterocycles. The number of alkyl halides is 3. The first-order chi connectivity index (χ1) is 9.04. The fourth-order valence-corrected chi connectivity index (χ4v) is 1.90. The van der Waals surface area contributed by atoms with Crippen molar-refractivity contribution in [1.29, 1.82) is 0 Å². The molecule has 3 rings (SSSR count). The van der Waals surface area contributed by atoms with E-state index in [0.29, 0.717) is 5.69 Å². The largest absolute Gasteiger partial charge is 0.416 e. The van der Waals surface area contributed by atoms with E-state index in [1.165, 1.54) is 12.1 Å². The third-order valence-corrected chi connectivity index (χ3v) is 2.87. The van der Waals surface area contributed by atoms with Gasteiger partial charge in [0.25, 0.3) is 0 Å². The molecule has 3 aromatic rings. The van der Waals surface area contributed by atoms with Crippen molar-refractivity contribution in [3.05, 3.63) is 60.3 Å². The molecule has 0 unspecified atom stereocenters. The Kier molecular flexibility index (Phi) is 2.55. The molecule has 0 aliphatic rings. The molecular weight excluding hydrogens is 253 g/mol. The van der Waals surface area contributed by atoms with Gasteiger partial charge in [0.1, 0.15) is 0 Å². The van der Waals surface area contributed by atoms with Crippen LogP contribution < -0.4 is 0 Å². The van der Waals surface area contributed by atoms with Crippen molar-refractivity contribution >= 4 is 10.9 Å². The summed E-state index contributed by atoms with van der Waals surface area (Å²) in [5, 5.41) is 5.26. The number of hydrogen-bond acceptors (Lipinski definition) is 1. The molecule has 2 aromatic carbocycles. The molecule has 0 fully saturated rings. The summed E-state index contributed by atoms with van der Waals surface area (Å²) in [5.74, 6) is 0. The van der Waals surface area contributed by atoms with Crippen LogP contribution in [0.25, 0.3) is 16.6 Å². The smallest absolute Gasteiger partial charge is 0.240 e. The third-order valence-electron chi connectivity index (χ3n) is 2.87. The van der Waals surface area contributed by atoms with Crippen LogP contribution in [0.3, 0.4) is 0 Å². The molecule has 96 valence electrons. The van der Waals surface area contributed by atoms with E-state index in [9.17, 15) is 13.2 Å². The summed E-state index contributed by atoms with van der Waals surface area (Å²) in [6.07, 6.45) is -2.52. The van der Waals surface area contributed by atoms with Crippen molar-refractivity contribution in [2.75, 3.05) is 0 Å². The summed E-state index contributed by atoms with van der Waals surface area (Å²) in [6, 6.07) is 12.5. The van der Waals surface area contributed by atoms with Crippen molar-refractivity contribution in [3.8, 4) is 5.69 Å². The summed E-state index contributed by atoms with van der Waals surface area (Å²) in [6.45, 7) is 0. The number of fused-ring (bicyclic) bond motifs is 1. The number of benzene rings is 2. The van der Waals surface area contributed by atoms with Crippen LogP contribution in [0.1, 0.15) is 5.56 Å². The molecule has 0 radical (unpaired) electrons. The first-order valence-corrected chi connectivity index (χ1v) is 5.66. The van der Waals surface area contributed by atoms with Gasteiger partial charge < -0.3 is 0 Å². The van der Waals surface area contributed by atoms with Crippen molar-refractivity contribution in [3.63, 3.8) is 0 Å². The van der Waals surface area contributed by atoms with Gasteiger partial charge in [0.05, 0.1) is 16.8 Å². The van der Waals surface area contributed by atoms with Gasteiger partial charge in [-0.2, -0.15) is 18.3 Å². The Morgan fingerprint density at radius 1 is 0.895 bits per heavy atom. The zero-order chi connectivity index (χ0) is 13.5. The van der Waals surface area contributed by atoms with Crippen LogP contribution in [0.15, 0.2) is 54.7 Å². The summed E-state index contributed by atoms with van der Waals surface area (Å²) in [4.78, 5) is 0. The van der Waals surface area contributed by atoms with Crippen LogP contribution in [-0.4, -0.2) is 9.78 Å². The molecule has 0 atom stereocenters. The first kappa shape index (κ1) is 11.8. The summed E-state index contributed by atoms with van der Waals surface area (Å²) < 4.78 is 39.0. The average Bonchev–Trinajstić information content (AvgIpc) is 2.81. The summed E-state index contributed by atoms with van der Waals surface area (Å²) >= 11 is 0. The lowest BCUT2D eigenvalue weighted by Gasteiger charge is -2.07. The normalized spacial score (nSPS) is 11.9. The number of rotatable bonds is 1. The lowest BCUT2D eigenvalue weighted by Crippen LogP contribution is -2.05. The minimum absolute atomic E-state index is 0.601. The molecule has 0 amide bonds. The summed E-state index contributed by atoms with van der Waals surface area (Å²) in [7, 11) is 0. The average molecular weight is 262 g/mol. The molecule has 5 heteroatoms. The highest BCUT2D eigenvalue weighted by Crippen LogP contribution is 2.29. The number of halogens is 3. The predicted octanol–water partition coefficient (Wildman–Crippen LogP) is 4.04. The summed E-state index contributed by atoms with van der Waals surface area (Å²) in [5.41, 5.74) is 0.750. The quantitative estimate of drug-likeness (QED) is 0.647. The van der Waals surface area contributed by atoms with E-state index in [2.05, 4.69) is 5.10 Å². The van der Waals surface area contributed by atoms with Gasteiger partial charge in [-0.15, -0.1) is 0 Å². The van der Waals surface area contributed by atoms with Gasteiger partial charge in [0.15, 0.2) is 0 Å². The van der Waals surface area contributed by atoms with Crippen LogP contribution in [0.5, 0.6) is 0 Å². The molecule has 2 nitrogen and oxygen atoms in total. The minimum atomic E-state index is -4.31. The Morgan fingerprint density at radius 2 is 1.58 bits per heavy atom. The molecule has 0 aliphatic heterocycles. The lowest BCUT2D eigenvalue weighted by atomic mass is 10.2. The van der Waals surface area contributed by atoms with Gasteiger partial charge >= 0.3 is 6.18 Å². The van der Waals surface area contributed by atoms with Crippen LogP contribution in [0.4, 0.5) is 13.2 Å². The van der Waals surface area contributed by atoms with Crippen LogP contribution in [-0.2, 0) is 6.18 Å². The van der Waals surface area contributed by atoms with Gasteiger partial charge in [-0.25, -0.2) is 4.68 Å². The minimum Gasteiger partial charge on any atom is -0.240 e. The molecule has 0 N–H and O–H groups in total. The van der Waals surface area contributed by atoms with Crippen LogP contribution >= 0.6 is 0 Å². The van der Waals surface area contributed by atoms with E-state index in [-0.39, 0.29) is 0 Å². The van der Waals surface area contributed by atoms with E-state index in [1.54, 1.807) is 10.9 Å². The Morgan fingerprint density at radius 3 is 2.21 bits per heavy atom. The highest BCUT2D eigenvalue weighted by Gasteiger charge is 2.29. The molecule has 1 aromatic heterocycles. The Balaban J connectivity index is 2.02. The second kappa shape index (κ2) is 4.12. The molecule has 0 aliphatic carbocycles. The zero-order valence-corrected chi connectivity index (χ0v) is 9.72. The molecule has 0 saturated carbocycles. The van der Waals surface area contributed by atoms with Crippen molar-refractivity contribution < 1.29 is 13.2 Å². The first-order valence-electron chi connectivity index (χ1n) is 5.66. The highest BCUT2D eigenvalue weighted by molar-refractivity contribution is 5.78. The molecule has 0 saturated heterocycles. The van der Waals surface area contributed by atoms with Crippen LogP contribution in [0, 0.1) is 0 Å². The molecule has 0 bridgehead atoms. The fraction of sp³-hybridized carbons (Fsp3) is 0.0714. The molecular formula is C14H9F3N2. The van der Waals surface area contributed by atoms with E-state index in [0.717, 1.165) is 23.0 Å². The van der Waals surface area contributed by atoms with E-state index in [1.807, 2.05) is 24.3 Å². The third kappa shape index (κ3) is 2.19. The monoisotopic (exact) mass is 262 g/mol. The van der Waals surface area contributed by atoms with Gasteiger partial charge in [-0.1, -0.05) is 18.2 Å². The van der Waals surface area contributed by atoms with E-state index in [4.69, 9.17) is 0 Å². The maximum absolute atomic E-state index is 12.5. The van der Waals surface area contributed by atoms with Crippen LogP contribution in [0.2, 0.25) is 0 Å². The number of nitrogens with zero attached hydrogens (tertiary/aromatic N) is 2. The zero-order valence-electron chi connectivity index (χ0n) is 9.72. The highest BCUT2D eigenvalue weighted by atomic mass is 19.4.